The molecule has 0 unspecified atom stereocenters. The molecule has 0 radical (unpaired) electrons. The van der Waals surface area contributed by atoms with Gasteiger partial charge in [0, 0.05) is 11.8 Å². The largest absolute Gasteiger partial charge is 0.384 e. The molecule has 2 heterocycles. The van der Waals surface area contributed by atoms with Gasteiger partial charge in [-0.3, -0.25) is 9.36 Å². The maximum atomic E-state index is 12.9. The molecule has 25 heavy (non-hydrogen) atoms. The van der Waals surface area contributed by atoms with Crippen molar-refractivity contribution in [2.45, 2.75) is 6.54 Å². The second kappa shape index (κ2) is 6.20. The minimum Gasteiger partial charge on any atom is -0.384 e. The Labute approximate surface area is 144 Å². The van der Waals surface area contributed by atoms with Crippen LogP contribution in [0.4, 0.5) is 5.82 Å². The molecular formula is C20H16N4O. The van der Waals surface area contributed by atoms with Gasteiger partial charge in [-0.15, -0.1) is 0 Å². The first-order valence-corrected chi connectivity index (χ1v) is 7.96. The van der Waals surface area contributed by atoms with E-state index in [4.69, 9.17) is 5.73 Å². The third kappa shape index (κ3) is 2.99. The van der Waals surface area contributed by atoms with Crippen molar-refractivity contribution in [3.8, 4) is 11.1 Å². The molecule has 5 heteroatoms. The zero-order chi connectivity index (χ0) is 17.2. The zero-order valence-corrected chi connectivity index (χ0v) is 13.5. The van der Waals surface area contributed by atoms with Crippen molar-refractivity contribution in [3.05, 3.63) is 89.1 Å². The molecule has 0 spiro atoms. The number of rotatable bonds is 3. The molecule has 0 fully saturated rings. The van der Waals surface area contributed by atoms with Crippen LogP contribution < -0.4 is 11.3 Å². The van der Waals surface area contributed by atoms with Gasteiger partial charge < -0.3 is 5.73 Å². The molecule has 0 aliphatic rings. The fourth-order valence-electron chi connectivity index (χ4n) is 2.81. The highest BCUT2D eigenvalue weighted by atomic mass is 16.1. The normalized spacial score (nSPS) is 10.9. The summed E-state index contributed by atoms with van der Waals surface area (Å²) >= 11 is 0. The number of aromatic nitrogens is 3. The minimum atomic E-state index is -0.0564. The van der Waals surface area contributed by atoms with Crippen molar-refractivity contribution in [1.82, 2.24) is 14.5 Å². The van der Waals surface area contributed by atoms with E-state index in [9.17, 15) is 4.79 Å². The van der Waals surface area contributed by atoms with E-state index in [1.54, 1.807) is 23.2 Å². The Morgan fingerprint density at radius 1 is 0.920 bits per heavy atom. The van der Waals surface area contributed by atoms with Gasteiger partial charge in [0.2, 0.25) is 0 Å². The molecule has 0 amide bonds. The van der Waals surface area contributed by atoms with E-state index in [2.05, 4.69) is 9.97 Å². The van der Waals surface area contributed by atoms with Crippen molar-refractivity contribution in [2.75, 3.05) is 5.73 Å². The number of benzene rings is 2. The predicted molar refractivity (Wildman–Crippen MR) is 99.2 cm³/mol. The summed E-state index contributed by atoms with van der Waals surface area (Å²) in [6.07, 6.45) is 3.30. The summed E-state index contributed by atoms with van der Waals surface area (Å²) in [5.74, 6) is 0.469. The van der Waals surface area contributed by atoms with E-state index >= 15 is 0 Å². The Hall–Kier alpha value is -3.47. The zero-order valence-electron chi connectivity index (χ0n) is 13.5. The summed E-state index contributed by atoms with van der Waals surface area (Å²) in [6.45, 7) is 0.496. The van der Waals surface area contributed by atoms with Crippen LogP contribution in [0.15, 0.2) is 78.0 Å². The van der Waals surface area contributed by atoms with Gasteiger partial charge in [-0.25, -0.2) is 9.97 Å². The van der Waals surface area contributed by atoms with Gasteiger partial charge in [0.15, 0.2) is 0 Å². The van der Waals surface area contributed by atoms with Crippen molar-refractivity contribution >= 4 is 16.7 Å². The maximum absolute atomic E-state index is 12.9. The van der Waals surface area contributed by atoms with Crippen LogP contribution in [-0.2, 0) is 6.54 Å². The Morgan fingerprint density at radius 2 is 1.72 bits per heavy atom. The smallest absolute Gasteiger partial charge is 0.261 e. The van der Waals surface area contributed by atoms with Gasteiger partial charge in [0.05, 0.1) is 23.8 Å². The number of hydrogen-bond acceptors (Lipinski definition) is 4. The highest BCUT2D eigenvalue weighted by Gasteiger charge is 2.07. The Bertz CT molecular complexity index is 1090. The van der Waals surface area contributed by atoms with E-state index in [0.717, 1.165) is 16.7 Å². The summed E-state index contributed by atoms with van der Waals surface area (Å²) in [4.78, 5) is 21.4. The van der Waals surface area contributed by atoms with E-state index < -0.39 is 0 Å². The lowest BCUT2D eigenvalue weighted by molar-refractivity contribution is 0.748. The molecule has 2 aromatic heterocycles. The third-order valence-corrected chi connectivity index (χ3v) is 4.14. The molecule has 4 rings (SSSR count). The van der Waals surface area contributed by atoms with Gasteiger partial charge in [-0.05, 0) is 35.4 Å². The standard InChI is InChI=1S/C20H16N4O/c21-19-9-7-16(11-22-19)15-6-8-18-17(10-15)20(25)24(13-23-18)12-14-4-2-1-3-5-14/h1-11,13H,12H2,(H2,21,22). The number of hydrogen-bond donors (Lipinski definition) is 1. The van der Waals surface area contributed by atoms with Gasteiger partial charge in [0.1, 0.15) is 5.82 Å². The van der Waals surface area contributed by atoms with Crippen LogP contribution in [0.3, 0.4) is 0 Å². The Kier molecular flexibility index (Phi) is 3.74. The van der Waals surface area contributed by atoms with Gasteiger partial charge in [-0.1, -0.05) is 36.4 Å². The number of fused-ring (bicyclic) bond motifs is 1. The summed E-state index contributed by atoms with van der Waals surface area (Å²) in [6, 6.07) is 19.1. The van der Waals surface area contributed by atoms with Gasteiger partial charge in [-0.2, -0.15) is 0 Å². The number of pyridine rings is 1. The first kappa shape index (κ1) is 15.1. The number of nitrogens with two attached hydrogens (primary N) is 1. The fourth-order valence-corrected chi connectivity index (χ4v) is 2.81. The molecule has 0 aliphatic carbocycles. The monoisotopic (exact) mass is 328 g/mol. The quantitative estimate of drug-likeness (QED) is 0.627. The second-order valence-electron chi connectivity index (χ2n) is 5.87. The number of nitrogens with zero attached hydrogens (tertiary/aromatic N) is 3. The summed E-state index contributed by atoms with van der Waals surface area (Å²) < 4.78 is 1.63. The van der Waals surface area contributed by atoms with Crippen molar-refractivity contribution < 1.29 is 0 Å². The lowest BCUT2D eigenvalue weighted by Crippen LogP contribution is -2.21. The van der Waals surface area contributed by atoms with E-state index in [-0.39, 0.29) is 5.56 Å². The summed E-state index contributed by atoms with van der Waals surface area (Å²) in [7, 11) is 0. The molecule has 122 valence electrons. The maximum Gasteiger partial charge on any atom is 0.261 e. The van der Waals surface area contributed by atoms with Crippen molar-refractivity contribution in [2.24, 2.45) is 0 Å². The highest BCUT2D eigenvalue weighted by molar-refractivity contribution is 5.83. The SMILES string of the molecule is Nc1ccc(-c2ccc3ncn(Cc4ccccc4)c(=O)c3c2)cn1. The fraction of sp³-hybridized carbons (Fsp3) is 0.0500. The molecule has 2 N–H and O–H groups in total. The van der Waals surface area contributed by atoms with Crippen LogP contribution in [-0.4, -0.2) is 14.5 Å². The van der Waals surface area contributed by atoms with Crippen molar-refractivity contribution in [1.29, 1.82) is 0 Å². The topological polar surface area (TPSA) is 73.8 Å². The first-order chi connectivity index (χ1) is 12.2. The highest BCUT2D eigenvalue weighted by Crippen LogP contribution is 2.22. The lowest BCUT2D eigenvalue weighted by Gasteiger charge is -2.08. The first-order valence-electron chi connectivity index (χ1n) is 7.96. The molecule has 2 aromatic carbocycles. The molecule has 0 bridgehead atoms. The molecular weight excluding hydrogens is 312 g/mol. The van der Waals surface area contributed by atoms with Crippen molar-refractivity contribution in [3.63, 3.8) is 0 Å². The van der Waals surface area contributed by atoms with E-state index in [1.807, 2.05) is 54.6 Å². The molecule has 0 atom stereocenters. The summed E-state index contributed by atoms with van der Waals surface area (Å²) in [5, 5.41) is 0.591. The third-order valence-electron chi connectivity index (χ3n) is 4.14. The average molecular weight is 328 g/mol. The van der Waals surface area contributed by atoms with Crippen LogP contribution in [0, 0.1) is 0 Å². The van der Waals surface area contributed by atoms with Crippen LogP contribution in [0.1, 0.15) is 5.56 Å². The number of nitrogen functional groups attached to an aromatic ring is 1. The van der Waals surface area contributed by atoms with E-state index in [0.29, 0.717) is 23.3 Å². The van der Waals surface area contributed by atoms with Crippen LogP contribution in [0.2, 0.25) is 0 Å². The van der Waals surface area contributed by atoms with Crippen LogP contribution in [0.5, 0.6) is 0 Å². The summed E-state index contributed by atoms with van der Waals surface area (Å²) in [5.41, 5.74) is 9.15. The Morgan fingerprint density at radius 3 is 2.48 bits per heavy atom. The van der Waals surface area contributed by atoms with Crippen LogP contribution in [0.25, 0.3) is 22.0 Å². The predicted octanol–water partition coefficient (Wildman–Crippen LogP) is 3.09. The molecule has 0 aliphatic heterocycles. The van der Waals surface area contributed by atoms with Gasteiger partial charge in [0.25, 0.3) is 5.56 Å². The lowest BCUT2D eigenvalue weighted by atomic mass is 10.1. The van der Waals surface area contributed by atoms with Gasteiger partial charge >= 0.3 is 0 Å². The molecule has 0 saturated carbocycles. The molecule has 4 aromatic rings. The van der Waals surface area contributed by atoms with E-state index in [1.165, 1.54) is 0 Å². The second-order valence-corrected chi connectivity index (χ2v) is 5.87. The molecule has 5 nitrogen and oxygen atoms in total. The minimum absolute atomic E-state index is 0.0564. The van der Waals surface area contributed by atoms with Crippen LogP contribution >= 0.6 is 0 Å². The number of anilines is 1. The Balaban J connectivity index is 1.79. The molecule has 0 saturated heterocycles. The average Bonchev–Trinajstić information content (AvgIpc) is 2.65.